The molecular weight excluding hydrogens is 96.0 g/mol. The first-order valence-corrected chi connectivity index (χ1v) is 1.72. The monoisotopic (exact) mass is 106 g/mol. The van der Waals surface area contributed by atoms with E-state index in [0.717, 1.165) is 0 Å². The second kappa shape index (κ2) is 2.58. The lowest BCUT2D eigenvalue weighted by atomic mass is 10.3. The number of aliphatic hydroxyl groups excluding tert-OH is 1. The molecule has 2 atom stereocenters. The maximum Gasteiger partial charge on any atom is 0.305 e. The lowest BCUT2D eigenvalue weighted by molar-refractivity contribution is -0.138. The van der Waals surface area contributed by atoms with Crippen LogP contribution in [0.3, 0.4) is 0 Å². The van der Waals surface area contributed by atoms with Gasteiger partial charge in [-0.05, 0) is 6.90 Å². The van der Waals surface area contributed by atoms with Gasteiger partial charge in [0.25, 0.3) is 0 Å². The van der Waals surface area contributed by atoms with Crippen LogP contribution in [0.2, 0.25) is 0 Å². The number of carbonyl (C=O) groups is 1. The highest BCUT2D eigenvalue weighted by Gasteiger charge is 2.00. The summed E-state index contributed by atoms with van der Waals surface area (Å²) in [7, 11) is 0. The Morgan fingerprint density at radius 2 is 2.86 bits per heavy atom. The highest BCUT2D eigenvalue weighted by Crippen LogP contribution is 1.85. The van der Waals surface area contributed by atoms with E-state index in [1.165, 1.54) is 0 Å². The number of aliphatic carboxylic acids is 1. The molecule has 7 heavy (non-hydrogen) atoms. The Morgan fingerprint density at radius 1 is 2.29 bits per heavy atom. The Kier molecular flexibility index (Phi) is 1.26. The van der Waals surface area contributed by atoms with Gasteiger partial charge in [0.2, 0.25) is 0 Å². The van der Waals surface area contributed by atoms with E-state index in [2.05, 4.69) is 0 Å². The third kappa shape index (κ3) is 5.43. The van der Waals surface area contributed by atoms with Crippen LogP contribution < -0.4 is 0 Å². The van der Waals surface area contributed by atoms with Gasteiger partial charge in [0.1, 0.15) is 0 Å². The van der Waals surface area contributed by atoms with Crippen LogP contribution in [0.15, 0.2) is 0 Å². The first kappa shape index (κ1) is 3.43. The van der Waals surface area contributed by atoms with E-state index in [-0.39, 0.29) is 0 Å². The van der Waals surface area contributed by atoms with E-state index in [1.54, 1.807) is 0 Å². The lowest BCUT2D eigenvalue weighted by Crippen LogP contribution is -2.07. The quantitative estimate of drug-likeness (QED) is 0.514. The summed E-state index contributed by atoms with van der Waals surface area (Å²) in [5, 5.41) is 16.6. The van der Waals surface area contributed by atoms with Crippen LogP contribution in [0.5, 0.6) is 0 Å². The molecule has 0 heterocycles. The van der Waals surface area contributed by atoms with Crippen LogP contribution in [0.1, 0.15) is 16.0 Å². The number of carboxylic acids is 1. The van der Waals surface area contributed by atoms with Gasteiger partial charge in [-0.1, -0.05) is 0 Å². The first-order valence-electron chi connectivity index (χ1n) is 3.00. The Balaban J connectivity index is 3.72. The van der Waals surface area contributed by atoms with Gasteiger partial charge in [0.05, 0.1) is 12.5 Å². The van der Waals surface area contributed by atoms with Crippen molar-refractivity contribution >= 4 is 5.97 Å². The van der Waals surface area contributed by atoms with E-state index in [1.807, 2.05) is 0 Å². The molecule has 0 aliphatic heterocycles. The summed E-state index contributed by atoms with van der Waals surface area (Å²) in [5.74, 6) is -1.39. The zero-order chi connectivity index (χ0) is 7.44. The fraction of sp³-hybridized carbons (Fsp3) is 0.750. The molecule has 0 amide bonds. The van der Waals surface area contributed by atoms with Crippen molar-refractivity contribution in [1.82, 2.24) is 0 Å². The third-order valence-electron chi connectivity index (χ3n) is 0.335. The molecule has 0 aliphatic rings. The molecule has 0 aliphatic carbocycles. The van der Waals surface area contributed by atoms with Crippen LogP contribution in [-0.2, 0) is 4.79 Å². The highest BCUT2D eigenvalue weighted by molar-refractivity contribution is 5.67. The van der Waals surface area contributed by atoms with Gasteiger partial charge in [0, 0.05) is 2.74 Å². The van der Waals surface area contributed by atoms with Gasteiger partial charge < -0.3 is 10.2 Å². The van der Waals surface area contributed by atoms with E-state index >= 15 is 0 Å². The van der Waals surface area contributed by atoms with Gasteiger partial charge in [-0.2, -0.15) is 0 Å². The van der Waals surface area contributed by atoms with Crippen LogP contribution in [-0.4, -0.2) is 22.3 Å². The summed E-state index contributed by atoms with van der Waals surface area (Å²) in [5.41, 5.74) is 0. The number of hydrogen-bond donors (Lipinski definition) is 2. The van der Waals surface area contributed by atoms with Gasteiger partial charge in [0.15, 0.2) is 0 Å². The summed E-state index contributed by atoms with van der Waals surface area (Å²) in [6.45, 7) is -0.444. The molecule has 0 spiro atoms. The van der Waals surface area contributed by atoms with Crippen molar-refractivity contribution in [2.75, 3.05) is 0 Å². The Morgan fingerprint density at radius 3 is 3.00 bits per heavy atom. The molecule has 3 nitrogen and oxygen atoms in total. The third-order valence-corrected chi connectivity index (χ3v) is 0.335. The SMILES string of the molecule is [2H]CC(O)C([2H])C(=O)O. The Hall–Kier alpha value is -0.570. The van der Waals surface area contributed by atoms with Crippen LogP contribution >= 0.6 is 0 Å². The molecule has 0 rings (SSSR count). The van der Waals surface area contributed by atoms with Crippen molar-refractivity contribution in [3.8, 4) is 0 Å². The summed E-state index contributed by atoms with van der Waals surface area (Å²) in [6.07, 6.45) is -2.95. The predicted molar refractivity (Wildman–Crippen MR) is 23.9 cm³/mol. The summed E-state index contributed by atoms with van der Waals surface area (Å²) in [6, 6.07) is 0. The molecule has 0 aromatic carbocycles. The topological polar surface area (TPSA) is 57.5 Å². The van der Waals surface area contributed by atoms with Gasteiger partial charge in [-0.25, -0.2) is 0 Å². The van der Waals surface area contributed by atoms with Gasteiger partial charge >= 0.3 is 5.97 Å². The van der Waals surface area contributed by atoms with Crippen molar-refractivity contribution in [3.05, 3.63) is 0 Å². The Bertz CT molecular complexity index is 106. The summed E-state index contributed by atoms with van der Waals surface area (Å²) in [4.78, 5) is 9.87. The average Bonchev–Trinajstić information content (AvgIpc) is 1.84. The largest absolute Gasteiger partial charge is 0.481 e. The van der Waals surface area contributed by atoms with E-state index in [4.69, 9.17) is 13.0 Å². The average molecular weight is 106 g/mol. The number of aliphatic hydroxyl groups is 1. The fourth-order valence-electron chi connectivity index (χ4n) is 0.165. The van der Waals surface area contributed by atoms with Gasteiger partial charge in [-0.3, -0.25) is 4.79 Å². The molecule has 0 saturated heterocycles. The molecule has 2 N–H and O–H groups in total. The zero-order valence-corrected chi connectivity index (χ0v) is 3.66. The van der Waals surface area contributed by atoms with Crippen molar-refractivity contribution in [2.24, 2.45) is 0 Å². The van der Waals surface area contributed by atoms with E-state index in [9.17, 15) is 4.79 Å². The van der Waals surface area contributed by atoms with Crippen molar-refractivity contribution in [1.29, 1.82) is 0 Å². The molecule has 42 valence electrons. The minimum Gasteiger partial charge on any atom is -0.481 e. The first-order chi connectivity index (χ1) is 4.09. The smallest absolute Gasteiger partial charge is 0.305 e. The molecule has 0 radical (unpaired) electrons. The maximum atomic E-state index is 9.87. The molecule has 3 heteroatoms. The second-order valence-corrected chi connectivity index (χ2v) is 1.07. The van der Waals surface area contributed by atoms with Crippen LogP contribution in [0, 0.1) is 0 Å². The van der Waals surface area contributed by atoms with Crippen molar-refractivity contribution < 1.29 is 17.7 Å². The van der Waals surface area contributed by atoms with Crippen LogP contribution in [0.25, 0.3) is 0 Å². The second-order valence-electron chi connectivity index (χ2n) is 1.07. The highest BCUT2D eigenvalue weighted by atomic mass is 16.4. The number of rotatable bonds is 2. The summed E-state index contributed by atoms with van der Waals surface area (Å²) >= 11 is 0. The summed E-state index contributed by atoms with van der Waals surface area (Å²) < 4.78 is 13.2. The zero-order valence-electron chi connectivity index (χ0n) is 5.66. The number of carboxylic acid groups (broad SMARTS) is 1. The lowest BCUT2D eigenvalue weighted by Gasteiger charge is -1.94. The standard InChI is InChI=1S/C4H8O3/c1-3(5)2-4(6)7/h3,5H,2H2,1H3,(H,6,7)/i1D,2D. The number of hydrogen-bond acceptors (Lipinski definition) is 2. The van der Waals surface area contributed by atoms with E-state index < -0.39 is 25.4 Å². The fourth-order valence-corrected chi connectivity index (χ4v) is 0.165. The van der Waals surface area contributed by atoms with E-state index in [0.29, 0.717) is 0 Å². The normalized spacial score (nSPS) is 21.9. The maximum absolute atomic E-state index is 9.87. The molecule has 0 aromatic rings. The predicted octanol–water partition coefficient (Wildman–Crippen LogP) is -0.158. The molecule has 0 fully saturated rings. The minimum absolute atomic E-state index is 0.444. The van der Waals surface area contributed by atoms with Crippen LogP contribution in [0.4, 0.5) is 0 Å². The Labute approximate surface area is 44.4 Å². The van der Waals surface area contributed by atoms with Crippen molar-refractivity contribution in [2.45, 2.75) is 19.4 Å². The molecule has 0 bridgehead atoms. The molecule has 0 saturated carbocycles. The molecule has 0 aromatic heterocycles. The molecular formula is C4H8O3. The van der Waals surface area contributed by atoms with Gasteiger partial charge in [-0.15, -0.1) is 0 Å². The minimum atomic E-state index is -1.58. The van der Waals surface area contributed by atoms with Crippen molar-refractivity contribution in [3.63, 3.8) is 0 Å². The molecule has 2 unspecified atom stereocenters.